The van der Waals surface area contributed by atoms with Crippen LogP contribution in [0.25, 0.3) is 11.2 Å². The minimum Gasteiger partial charge on any atom is -0.387 e. The highest BCUT2D eigenvalue weighted by Gasteiger charge is 2.44. The van der Waals surface area contributed by atoms with Crippen LogP contribution in [0.4, 0.5) is 5.82 Å². The standard InChI is InChI=1S/C15H24IN7O3/c16-2-5-22(4-1-3-17)6-9-11(24)12(25)15(26-9)23-8-21-10-13(18)19-7-20-14(10)23/h7-9,11-12,15,24-25H,1-6,17H2,(H2,18,19,20)/t9-,11?,12+,15-/m1/s1. The van der Waals surface area contributed by atoms with Crippen LogP contribution < -0.4 is 11.5 Å². The highest BCUT2D eigenvalue weighted by Crippen LogP contribution is 2.32. The lowest BCUT2D eigenvalue weighted by molar-refractivity contribution is -0.0436. The predicted molar refractivity (Wildman–Crippen MR) is 105 cm³/mol. The molecule has 1 fully saturated rings. The molecule has 0 spiro atoms. The van der Waals surface area contributed by atoms with Gasteiger partial charge in [0.15, 0.2) is 17.7 Å². The molecule has 0 aliphatic carbocycles. The van der Waals surface area contributed by atoms with Crippen LogP contribution >= 0.6 is 22.6 Å². The number of nitrogen functional groups attached to an aromatic ring is 1. The topological polar surface area (TPSA) is 149 Å². The number of ether oxygens (including phenoxy) is 1. The average Bonchev–Trinajstić information content (AvgIpc) is 3.17. The van der Waals surface area contributed by atoms with Gasteiger partial charge in [0.05, 0.1) is 6.33 Å². The summed E-state index contributed by atoms with van der Waals surface area (Å²) in [7, 11) is 0. The molecule has 1 aliphatic heterocycles. The molecule has 11 heteroatoms. The van der Waals surface area contributed by atoms with Crippen molar-refractivity contribution in [1.82, 2.24) is 24.4 Å². The van der Waals surface area contributed by atoms with Crippen molar-refractivity contribution in [2.45, 2.75) is 31.0 Å². The minimum atomic E-state index is -1.09. The number of aliphatic hydroxyl groups excluding tert-OH is 2. The maximum absolute atomic E-state index is 10.5. The summed E-state index contributed by atoms with van der Waals surface area (Å²) in [5, 5.41) is 21.0. The summed E-state index contributed by atoms with van der Waals surface area (Å²) in [6, 6.07) is 0. The number of halogens is 1. The third kappa shape index (κ3) is 3.92. The summed E-state index contributed by atoms with van der Waals surface area (Å²) < 4.78 is 8.53. The molecule has 10 nitrogen and oxygen atoms in total. The van der Waals surface area contributed by atoms with Gasteiger partial charge in [0.1, 0.15) is 30.2 Å². The largest absolute Gasteiger partial charge is 0.387 e. The third-order valence-corrected chi connectivity index (χ3v) is 5.00. The monoisotopic (exact) mass is 477 g/mol. The fourth-order valence-electron chi connectivity index (χ4n) is 3.15. The molecule has 1 aliphatic rings. The summed E-state index contributed by atoms with van der Waals surface area (Å²) in [5.74, 6) is 0.258. The van der Waals surface area contributed by atoms with Gasteiger partial charge in [-0.05, 0) is 19.5 Å². The zero-order valence-electron chi connectivity index (χ0n) is 14.3. The minimum absolute atomic E-state index is 0.258. The first-order chi connectivity index (χ1) is 12.6. The fourth-order valence-corrected chi connectivity index (χ4v) is 3.83. The van der Waals surface area contributed by atoms with Gasteiger partial charge in [-0.2, -0.15) is 0 Å². The molecule has 26 heavy (non-hydrogen) atoms. The van der Waals surface area contributed by atoms with Crippen LogP contribution in [0, 0.1) is 0 Å². The molecule has 2 aromatic heterocycles. The van der Waals surface area contributed by atoms with Gasteiger partial charge in [-0.1, -0.05) is 22.6 Å². The number of nitrogens with two attached hydrogens (primary N) is 2. The van der Waals surface area contributed by atoms with Crippen LogP contribution in [-0.2, 0) is 4.74 Å². The smallest absolute Gasteiger partial charge is 0.167 e. The maximum Gasteiger partial charge on any atom is 0.167 e. The zero-order valence-corrected chi connectivity index (χ0v) is 16.4. The van der Waals surface area contributed by atoms with E-state index in [2.05, 4.69) is 42.4 Å². The van der Waals surface area contributed by atoms with Crippen molar-refractivity contribution in [3.63, 3.8) is 0 Å². The Morgan fingerprint density at radius 3 is 2.77 bits per heavy atom. The van der Waals surface area contributed by atoms with E-state index in [4.69, 9.17) is 16.2 Å². The Bertz CT molecular complexity index is 730. The molecule has 3 rings (SSSR count). The van der Waals surface area contributed by atoms with Crippen molar-refractivity contribution in [2.75, 3.05) is 36.3 Å². The van der Waals surface area contributed by atoms with E-state index < -0.39 is 24.5 Å². The molecule has 6 N–H and O–H groups in total. The van der Waals surface area contributed by atoms with Gasteiger partial charge in [0.2, 0.25) is 0 Å². The molecular formula is C15H24IN7O3. The van der Waals surface area contributed by atoms with E-state index >= 15 is 0 Å². The van der Waals surface area contributed by atoms with Crippen molar-refractivity contribution < 1.29 is 14.9 Å². The quantitative estimate of drug-likeness (QED) is 0.281. The van der Waals surface area contributed by atoms with E-state index in [1.807, 2.05) is 0 Å². The SMILES string of the molecule is NCCCN(CCI)C[C@H]1O[C@@H](n2cnc3c(N)ncnc32)[C@@H](O)C1O. The highest BCUT2D eigenvalue weighted by molar-refractivity contribution is 14.1. The number of imidazole rings is 1. The van der Waals surface area contributed by atoms with Gasteiger partial charge >= 0.3 is 0 Å². The second kappa shape index (κ2) is 8.71. The van der Waals surface area contributed by atoms with Crippen LogP contribution in [-0.4, -0.2) is 83.6 Å². The van der Waals surface area contributed by atoms with E-state index in [-0.39, 0.29) is 5.82 Å². The van der Waals surface area contributed by atoms with E-state index in [1.165, 1.54) is 12.7 Å². The number of alkyl halides is 1. The van der Waals surface area contributed by atoms with Crippen molar-refractivity contribution >= 4 is 39.6 Å². The molecule has 0 bridgehead atoms. The number of aromatic nitrogens is 4. The van der Waals surface area contributed by atoms with Crippen molar-refractivity contribution in [3.8, 4) is 0 Å². The highest BCUT2D eigenvalue weighted by atomic mass is 127. The first-order valence-electron chi connectivity index (χ1n) is 8.49. The van der Waals surface area contributed by atoms with Crippen molar-refractivity contribution in [1.29, 1.82) is 0 Å². The van der Waals surface area contributed by atoms with Crippen LogP contribution in [0.15, 0.2) is 12.7 Å². The van der Waals surface area contributed by atoms with Gasteiger partial charge in [0.25, 0.3) is 0 Å². The zero-order chi connectivity index (χ0) is 18.7. The Morgan fingerprint density at radius 2 is 2.04 bits per heavy atom. The number of hydrogen-bond donors (Lipinski definition) is 4. The fraction of sp³-hybridized carbons (Fsp3) is 0.667. The molecule has 3 heterocycles. The summed E-state index contributed by atoms with van der Waals surface area (Å²) in [4.78, 5) is 14.5. The lowest BCUT2D eigenvalue weighted by Crippen LogP contribution is -2.41. The molecular weight excluding hydrogens is 453 g/mol. The Balaban J connectivity index is 1.77. The normalized spacial score (nSPS) is 26.2. The van der Waals surface area contributed by atoms with Crippen molar-refractivity contribution in [3.05, 3.63) is 12.7 Å². The summed E-state index contributed by atoms with van der Waals surface area (Å²) in [5.41, 5.74) is 12.3. The van der Waals surface area contributed by atoms with E-state index in [0.717, 1.165) is 23.9 Å². The van der Waals surface area contributed by atoms with Gasteiger partial charge < -0.3 is 26.4 Å². The number of fused-ring (bicyclic) bond motifs is 1. The Labute approximate surface area is 164 Å². The Kier molecular flexibility index (Phi) is 6.58. The van der Waals surface area contributed by atoms with Crippen molar-refractivity contribution in [2.24, 2.45) is 5.73 Å². The molecule has 0 radical (unpaired) electrons. The molecule has 4 atom stereocenters. The number of rotatable bonds is 8. The molecule has 0 amide bonds. The van der Waals surface area contributed by atoms with Crippen LogP contribution in [0.2, 0.25) is 0 Å². The van der Waals surface area contributed by atoms with Crippen LogP contribution in [0.3, 0.4) is 0 Å². The number of aliphatic hydroxyl groups is 2. The first kappa shape index (κ1) is 19.6. The summed E-state index contributed by atoms with van der Waals surface area (Å²) in [6.07, 6.45) is 0.289. The van der Waals surface area contributed by atoms with Gasteiger partial charge in [-0.3, -0.25) is 9.47 Å². The maximum atomic E-state index is 10.5. The van der Waals surface area contributed by atoms with E-state index in [0.29, 0.717) is 24.3 Å². The molecule has 1 saturated heterocycles. The average molecular weight is 477 g/mol. The molecule has 2 aromatic rings. The molecule has 0 aromatic carbocycles. The van der Waals surface area contributed by atoms with Gasteiger partial charge in [0, 0.05) is 17.5 Å². The van der Waals surface area contributed by atoms with E-state index in [9.17, 15) is 10.2 Å². The first-order valence-corrected chi connectivity index (χ1v) is 10.0. The summed E-state index contributed by atoms with van der Waals surface area (Å²) in [6.45, 7) is 2.82. The Hall–Kier alpha value is -1.12. The number of nitrogens with zero attached hydrogens (tertiary/aromatic N) is 5. The predicted octanol–water partition coefficient (Wildman–Crippen LogP) is -0.886. The number of hydrogen-bond acceptors (Lipinski definition) is 9. The Morgan fingerprint density at radius 1 is 1.23 bits per heavy atom. The van der Waals surface area contributed by atoms with Crippen LogP contribution in [0.1, 0.15) is 12.6 Å². The second-order valence-electron chi connectivity index (χ2n) is 6.26. The molecule has 144 valence electrons. The molecule has 1 unspecified atom stereocenters. The second-order valence-corrected chi connectivity index (χ2v) is 7.34. The van der Waals surface area contributed by atoms with Gasteiger partial charge in [-0.25, -0.2) is 15.0 Å². The van der Waals surface area contributed by atoms with Gasteiger partial charge in [-0.15, -0.1) is 0 Å². The number of anilines is 1. The lowest BCUT2D eigenvalue weighted by Gasteiger charge is -2.25. The van der Waals surface area contributed by atoms with Crippen LogP contribution in [0.5, 0.6) is 0 Å². The summed E-state index contributed by atoms with van der Waals surface area (Å²) >= 11 is 2.31. The third-order valence-electron chi connectivity index (χ3n) is 4.52. The van der Waals surface area contributed by atoms with E-state index in [1.54, 1.807) is 4.57 Å². The molecule has 0 saturated carbocycles. The lowest BCUT2D eigenvalue weighted by atomic mass is 10.1.